The summed E-state index contributed by atoms with van der Waals surface area (Å²) in [5, 5.41) is 9.52. The lowest BCUT2D eigenvalue weighted by molar-refractivity contribution is -0.128. The predicted octanol–water partition coefficient (Wildman–Crippen LogP) is 6.96. The van der Waals surface area contributed by atoms with Crippen molar-refractivity contribution >= 4 is 27.3 Å². The van der Waals surface area contributed by atoms with Crippen LogP contribution in [0.25, 0.3) is 11.1 Å². The fourth-order valence-corrected chi connectivity index (χ4v) is 6.01. The Hall–Kier alpha value is -4.53. The number of aromatic amines is 1. The quantitative estimate of drug-likeness (QED) is 0.246. The second-order valence-corrected chi connectivity index (χ2v) is 13.6. The average Bonchev–Trinajstić information content (AvgIpc) is 2.99. The molecule has 0 saturated heterocycles. The van der Waals surface area contributed by atoms with E-state index in [1.54, 1.807) is 32.1 Å². The summed E-state index contributed by atoms with van der Waals surface area (Å²) in [5.41, 5.74) is 0.0834. The highest BCUT2D eigenvalue weighted by Crippen LogP contribution is 2.41. The molecule has 0 fully saturated rings. The van der Waals surface area contributed by atoms with Crippen molar-refractivity contribution in [1.82, 2.24) is 9.88 Å². The first-order valence-corrected chi connectivity index (χ1v) is 16.5. The lowest BCUT2D eigenvalue weighted by Crippen LogP contribution is -2.37. The molecule has 46 heavy (non-hydrogen) atoms. The lowest BCUT2D eigenvalue weighted by atomic mass is 9.87. The number of amides is 1. The molecule has 3 aromatic rings. The average molecular weight is 668 g/mol. The number of aryl methyl sites for hydroxylation is 1. The normalized spacial score (nSPS) is 15.7. The van der Waals surface area contributed by atoms with Gasteiger partial charge in [0.2, 0.25) is 0 Å². The fourth-order valence-electron chi connectivity index (χ4n) is 5.12. The number of aromatic nitrogens is 1. The molecule has 4 rings (SSSR count). The van der Waals surface area contributed by atoms with Crippen molar-refractivity contribution in [3.8, 4) is 22.9 Å². The van der Waals surface area contributed by atoms with E-state index in [1.165, 1.54) is 47.5 Å². The number of sulfone groups is 1. The van der Waals surface area contributed by atoms with E-state index in [0.717, 1.165) is 13.2 Å². The number of halogens is 3. The number of nitriles is 1. The number of H-pyrrole nitrogens is 1. The van der Waals surface area contributed by atoms with Crippen LogP contribution in [0.2, 0.25) is 5.02 Å². The fraction of sp³-hybridized carbons (Fsp3) is 0.265. The van der Waals surface area contributed by atoms with Crippen LogP contribution >= 0.6 is 11.6 Å². The molecule has 1 atom stereocenters. The molecular formula is C34H32ClF2N3O5S. The number of carbonyl (C=O) groups excluding carboxylic acids is 1. The number of ether oxygens (including phenoxy) is 1. The highest BCUT2D eigenvalue weighted by Gasteiger charge is 2.44. The SMILES string of the molecule is C=C(C)C(F)(F)C1=C(Oc2cc(Cl)cc(C#N)c2)C(=O)N(Cc2cc(-c3cccc(S(C)(=O)=O)c3)c(=O)[nH]c2CC)C=CCC1C. The maximum Gasteiger partial charge on any atom is 0.294 e. The van der Waals surface area contributed by atoms with E-state index in [9.17, 15) is 23.3 Å². The standard InChI is InChI=1S/C34H32ClF2N3O5S/c1-6-29-24(16-28(32(41)39-29)23-10-7-11-27(15-23)46(5,43)44)19-40-12-8-9-21(4)30(34(36,37)20(2)3)31(33(40)42)45-26-14-22(18-38)13-25(35)17-26/h7-8,10-17,21H,2,6,9,19H2,1,3-5H3,(H,39,41). The summed E-state index contributed by atoms with van der Waals surface area (Å²) < 4.78 is 61.9. The largest absolute Gasteiger partial charge is 0.451 e. The maximum atomic E-state index is 15.8. The molecule has 1 unspecified atom stereocenters. The van der Waals surface area contributed by atoms with E-state index in [2.05, 4.69) is 11.6 Å². The molecule has 1 aliphatic rings. The molecule has 0 saturated carbocycles. The van der Waals surface area contributed by atoms with E-state index in [1.807, 2.05) is 6.07 Å². The summed E-state index contributed by atoms with van der Waals surface area (Å²) in [5.74, 6) is -6.08. The van der Waals surface area contributed by atoms with Crippen molar-refractivity contribution < 1.29 is 26.7 Å². The molecule has 240 valence electrons. The Bertz CT molecular complexity index is 1990. The second-order valence-electron chi connectivity index (χ2n) is 11.1. The lowest BCUT2D eigenvalue weighted by Gasteiger charge is -2.31. The van der Waals surface area contributed by atoms with Gasteiger partial charge in [0.25, 0.3) is 17.4 Å². The van der Waals surface area contributed by atoms with Gasteiger partial charge in [0.1, 0.15) is 5.75 Å². The molecule has 1 N–H and O–H groups in total. The molecule has 2 aromatic carbocycles. The van der Waals surface area contributed by atoms with Crippen LogP contribution in [-0.4, -0.2) is 36.4 Å². The Kier molecular flexibility index (Phi) is 10.0. The maximum absolute atomic E-state index is 15.8. The summed E-state index contributed by atoms with van der Waals surface area (Å²) in [6.45, 7) is 7.82. The van der Waals surface area contributed by atoms with Gasteiger partial charge in [-0.15, -0.1) is 0 Å². The van der Waals surface area contributed by atoms with Crippen LogP contribution in [0.15, 0.2) is 94.0 Å². The number of hydrogen-bond acceptors (Lipinski definition) is 6. The Labute approximate surface area is 271 Å². The first-order chi connectivity index (χ1) is 21.6. The molecule has 1 aromatic heterocycles. The highest BCUT2D eigenvalue weighted by molar-refractivity contribution is 7.90. The van der Waals surface area contributed by atoms with Crippen molar-refractivity contribution in [3.05, 3.63) is 116 Å². The van der Waals surface area contributed by atoms with Crippen LogP contribution in [0.4, 0.5) is 8.78 Å². The molecular weight excluding hydrogens is 636 g/mol. The zero-order chi connectivity index (χ0) is 34.0. The summed E-state index contributed by atoms with van der Waals surface area (Å²) in [6, 6.07) is 13.4. The van der Waals surface area contributed by atoms with Gasteiger partial charge in [-0.3, -0.25) is 9.59 Å². The van der Waals surface area contributed by atoms with Gasteiger partial charge in [-0.05, 0) is 78.8 Å². The van der Waals surface area contributed by atoms with Crippen molar-refractivity contribution in [2.24, 2.45) is 5.92 Å². The van der Waals surface area contributed by atoms with Gasteiger partial charge in [-0.2, -0.15) is 14.0 Å². The summed E-state index contributed by atoms with van der Waals surface area (Å²) in [7, 11) is -3.56. The first-order valence-electron chi connectivity index (χ1n) is 14.3. The van der Waals surface area contributed by atoms with Crippen LogP contribution in [0.3, 0.4) is 0 Å². The minimum absolute atomic E-state index is 0.0278. The number of carbonyl (C=O) groups is 1. The number of alkyl halides is 2. The van der Waals surface area contributed by atoms with Gasteiger partial charge in [0.05, 0.1) is 28.6 Å². The van der Waals surface area contributed by atoms with Crippen LogP contribution in [0.1, 0.15) is 44.0 Å². The Balaban J connectivity index is 1.87. The van der Waals surface area contributed by atoms with E-state index < -0.39 is 50.0 Å². The van der Waals surface area contributed by atoms with Crippen LogP contribution in [0, 0.1) is 17.2 Å². The molecule has 8 nitrogen and oxygen atoms in total. The molecule has 12 heteroatoms. The number of benzene rings is 2. The zero-order valence-corrected chi connectivity index (χ0v) is 27.2. The van der Waals surface area contributed by atoms with Gasteiger partial charge in [0.15, 0.2) is 15.6 Å². The highest BCUT2D eigenvalue weighted by atomic mass is 35.5. The van der Waals surface area contributed by atoms with Gasteiger partial charge < -0.3 is 14.6 Å². The minimum Gasteiger partial charge on any atom is -0.451 e. The van der Waals surface area contributed by atoms with E-state index in [0.29, 0.717) is 23.2 Å². The third kappa shape index (κ3) is 7.30. The molecule has 0 radical (unpaired) electrons. The molecule has 2 heterocycles. The smallest absolute Gasteiger partial charge is 0.294 e. The second kappa shape index (κ2) is 13.4. The number of nitrogens with zero attached hydrogens (tertiary/aromatic N) is 2. The van der Waals surface area contributed by atoms with Gasteiger partial charge >= 0.3 is 0 Å². The van der Waals surface area contributed by atoms with E-state index in [4.69, 9.17) is 16.3 Å². The van der Waals surface area contributed by atoms with Crippen LogP contribution in [0.5, 0.6) is 5.75 Å². The predicted molar refractivity (Wildman–Crippen MR) is 172 cm³/mol. The third-order valence-electron chi connectivity index (χ3n) is 7.54. The van der Waals surface area contributed by atoms with Gasteiger partial charge in [-0.1, -0.05) is 50.2 Å². The number of allylic oxidation sites excluding steroid dienone is 3. The Morgan fingerprint density at radius 3 is 2.57 bits per heavy atom. The number of hydrogen-bond donors (Lipinski definition) is 1. The van der Waals surface area contributed by atoms with E-state index >= 15 is 8.78 Å². The van der Waals surface area contributed by atoms with Crippen molar-refractivity contribution in [2.75, 3.05) is 6.26 Å². The van der Waals surface area contributed by atoms with E-state index in [-0.39, 0.29) is 39.8 Å². The number of pyridine rings is 1. The molecule has 0 spiro atoms. The summed E-state index contributed by atoms with van der Waals surface area (Å²) in [6.07, 6.45) is 4.64. The summed E-state index contributed by atoms with van der Waals surface area (Å²) >= 11 is 6.15. The molecule has 1 amide bonds. The Morgan fingerprint density at radius 1 is 1.22 bits per heavy atom. The van der Waals surface area contributed by atoms with Crippen molar-refractivity contribution in [2.45, 2.75) is 51.0 Å². The molecule has 0 aliphatic carbocycles. The monoisotopic (exact) mass is 667 g/mol. The zero-order valence-electron chi connectivity index (χ0n) is 25.7. The number of rotatable bonds is 9. The number of nitrogens with one attached hydrogen (secondary N) is 1. The van der Waals surface area contributed by atoms with Crippen LogP contribution < -0.4 is 10.3 Å². The topological polar surface area (TPSA) is 120 Å². The third-order valence-corrected chi connectivity index (χ3v) is 8.87. The Morgan fingerprint density at radius 2 is 1.93 bits per heavy atom. The summed E-state index contributed by atoms with van der Waals surface area (Å²) in [4.78, 5) is 31.4. The van der Waals surface area contributed by atoms with Gasteiger partial charge in [-0.25, -0.2) is 8.42 Å². The van der Waals surface area contributed by atoms with Crippen LogP contribution in [-0.2, 0) is 27.6 Å². The minimum atomic E-state index is -3.62. The van der Waals surface area contributed by atoms with Crippen molar-refractivity contribution in [1.29, 1.82) is 5.26 Å². The van der Waals surface area contributed by atoms with Crippen molar-refractivity contribution in [3.63, 3.8) is 0 Å². The first kappa shape index (κ1) is 34.3. The molecule has 0 bridgehead atoms. The molecule has 1 aliphatic heterocycles. The van der Waals surface area contributed by atoms with Gasteiger partial charge in [0, 0.05) is 28.7 Å².